The lowest BCUT2D eigenvalue weighted by molar-refractivity contribution is -0.125. The molecule has 2 aliphatic rings. The van der Waals surface area contributed by atoms with Gasteiger partial charge in [0, 0.05) is 12.5 Å². The highest BCUT2D eigenvalue weighted by Gasteiger charge is 2.32. The Morgan fingerprint density at radius 1 is 1.47 bits per heavy atom. The number of nitrogens with one attached hydrogen (secondary N) is 2. The minimum Gasteiger partial charge on any atom is -0.356 e. The molecule has 2 N–H and O–H groups in total. The summed E-state index contributed by atoms with van der Waals surface area (Å²) in [5, 5.41) is 6.47. The highest BCUT2D eigenvalue weighted by Crippen LogP contribution is 2.36. The van der Waals surface area contributed by atoms with E-state index < -0.39 is 0 Å². The van der Waals surface area contributed by atoms with Crippen LogP contribution in [0.1, 0.15) is 32.6 Å². The smallest absolute Gasteiger partial charge is 0.223 e. The molecule has 2 fully saturated rings. The molecular formula is C12H22N2O. The van der Waals surface area contributed by atoms with Gasteiger partial charge >= 0.3 is 0 Å². The highest BCUT2D eigenvalue weighted by atomic mass is 16.1. The molecule has 0 aromatic carbocycles. The number of carbonyl (C=O) groups is 1. The summed E-state index contributed by atoms with van der Waals surface area (Å²) >= 11 is 0. The van der Waals surface area contributed by atoms with Crippen molar-refractivity contribution in [1.29, 1.82) is 0 Å². The number of piperidine rings is 1. The molecule has 1 aliphatic heterocycles. The molecule has 3 nitrogen and oxygen atoms in total. The van der Waals surface area contributed by atoms with Crippen LogP contribution >= 0.6 is 0 Å². The van der Waals surface area contributed by atoms with Crippen LogP contribution in [-0.2, 0) is 4.79 Å². The van der Waals surface area contributed by atoms with Crippen molar-refractivity contribution in [2.75, 3.05) is 19.6 Å². The second-order valence-electron chi connectivity index (χ2n) is 5.08. The Kier molecular flexibility index (Phi) is 3.62. The molecule has 1 heterocycles. The van der Waals surface area contributed by atoms with E-state index in [1.807, 2.05) is 0 Å². The van der Waals surface area contributed by atoms with Crippen LogP contribution in [0, 0.1) is 17.8 Å². The predicted octanol–water partition coefficient (Wildman–Crippen LogP) is 1.15. The van der Waals surface area contributed by atoms with E-state index in [1.54, 1.807) is 0 Å². The van der Waals surface area contributed by atoms with E-state index in [-0.39, 0.29) is 11.8 Å². The third-order valence-corrected chi connectivity index (χ3v) is 3.71. The largest absolute Gasteiger partial charge is 0.356 e. The molecule has 0 spiro atoms. The number of amides is 1. The standard InChI is InChI=1S/C12H22N2O/c1-9(11-4-5-11)12(15)14-8-10-3-2-6-13-7-10/h9-11,13H,2-8H2,1H3,(H,14,15). The molecule has 0 bridgehead atoms. The van der Waals surface area contributed by atoms with Gasteiger partial charge in [0.2, 0.25) is 5.91 Å². The van der Waals surface area contributed by atoms with Crippen molar-refractivity contribution in [2.45, 2.75) is 32.6 Å². The summed E-state index contributed by atoms with van der Waals surface area (Å²) in [5.74, 6) is 1.83. The molecule has 0 aromatic rings. The van der Waals surface area contributed by atoms with Gasteiger partial charge in [0.05, 0.1) is 0 Å². The molecule has 2 unspecified atom stereocenters. The van der Waals surface area contributed by atoms with Crippen LogP contribution in [0.2, 0.25) is 0 Å². The van der Waals surface area contributed by atoms with E-state index in [9.17, 15) is 4.79 Å². The monoisotopic (exact) mass is 210 g/mol. The summed E-state index contributed by atoms with van der Waals surface area (Å²) in [6.07, 6.45) is 5.00. The third-order valence-electron chi connectivity index (χ3n) is 3.71. The van der Waals surface area contributed by atoms with Gasteiger partial charge in [-0.15, -0.1) is 0 Å². The Morgan fingerprint density at radius 3 is 2.87 bits per heavy atom. The van der Waals surface area contributed by atoms with E-state index in [4.69, 9.17) is 0 Å². The first kappa shape index (κ1) is 10.9. The molecular weight excluding hydrogens is 188 g/mol. The van der Waals surface area contributed by atoms with E-state index in [1.165, 1.54) is 25.7 Å². The van der Waals surface area contributed by atoms with Crippen LogP contribution in [0.25, 0.3) is 0 Å². The summed E-state index contributed by atoms with van der Waals surface area (Å²) in [4.78, 5) is 11.7. The SMILES string of the molecule is CC(C(=O)NCC1CCCNC1)C1CC1. The van der Waals surface area contributed by atoms with Crippen molar-refractivity contribution in [3.63, 3.8) is 0 Å². The predicted molar refractivity (Wildman–Crippen MR) is 60.5 cm³/mol. The summed E-state index contributed by atoms with van der Waals surface area (Å²) in [7, 11) is 0. The molecule has 0 aromatic heterocycles. The number of hydrogen-bond donors (Lipinski definition) is 2. The van der Waals surface area contributed by atoms with Crippen molar-refractivity contribution in [3.8, 4) is 0 Å². The lowest BCUT2D eigenvalue weighted by Gasteiger charge is -2.23. The molecule has 86 valence electrons. The fourth-order valence-electron chi connectivity index (χ4n) is 2.31. The average Bonchev–Trinajstić information content (AvgIpc) is 3.10. The fraction of sp³-hybridized carbons (Fsp3) is 0.917. The first-order valence-electron chi connectivity index (χ1n) is 6.26. The summed E-state index contributed by atoms with van der Waals surface area (Å²) in [6, 6.07) is 0. The van der Waals surface area contributed by atoms with Crippen molar-refractivity contribution in [2.24, 2.45) is 17.8 Å². The van der Waals surface area contributed by atoms with Crippen LogP contribution in [0.5, 0.6) is 0 Å². The minimum atomic E-state index is 0.238. The Morgan fingerprint density at radius 2 is 2.27 bits per heavy atom. The molecule has 1 saturated heterocycles. The summed E-state index contributed by atoms with van der Waals surface area (Å²) in [5.41, 5.74) is 0. The van der Waals surface area contributed by atoms with Gasteiger partial charge in [-0.2, -0.15) is 0 Å². The van der Waals surface area contributed by atoms with E-state index >= 15 is 0 Å². The zero-order chi connectivity index (χ0) is 10.7. The van der Waals surface area contributed by atoms with E-state index in [0.29, 0.717) is 11.8 Å². The Labute approximate surface area is 92.0 Å². The molecule has 1 aliphatic carbocycles. The van der Waals surface area contributed by atoms with Crippen LogP contribution in [0.4, 0.5) is 0 Å². The first-order valence-corrected chi connectivity index (χ1v) is 6.26. The van der Waals surface area contributed by atoms with Crippen LogP contribution in [0.3, 0.4) is 0 Å². The minimum absolute atomic E-state index is 0.238. The van der Waals surface area contributed by atoms with Crippen molar-refractivity contribution in [3.05, 3.63) is 0 Å². The first-order chi connectivity index (χ1) is 7.27. The molecule has 2 atom stereocenters. The maximum atomic E-state index is 11.7. The Hall–Kier alpha value is -0.570. The fourth-order valence-corrected chi connectivity index (χ4v) is 2.31. The van der Waals surface area contributed by atoms with E-state index in [2.05, 4.69) is 17.6 Å². The molecule has 2 rings (SSSR count). The molecule has 1 saturated carbocycles. The second kappa shape index (κ2) is 4.97. The van der Waals surface area contributed by atoms with Gasteiger partial charge in [-0.05, 0) is 50.6 Å². The summed E-state index contributed by atoms with van der Waals surface area (Å²) < 4.78 is 0. The van der Waals surface area contributed by atoms with Gasteiger partial charge in [0.15, 0.2) is 0 Å². The van der Waals surface area contributed by atoms with Gasteiger partial charge in [0.1, 0.15) is 0 Å². The van der Waals surface area contributed by atoms with Crippen molar-refractivity contribution < 1.29 is 4.79 Å². The number of rotatable bonds is 4. The second-order valence-corrected chi connectivity index (χ2v) is 5.08. The molecule has 3 heteroatoms. The highest BCUT2D eigenvalue weighted by molar-refractivity contribution is 5.78. The Balaban J connectivity index is 1.65. The molecule has 1 amide bonds. The number of carbonyl (C=O) groups excluding carboxylic acids is 1. The zero-order valence-corrected chi connectivity index (χ0v) is 9.59. The Bertz CT molecular complexity index is 220. The normalized spacial score (nSPS) is 28.5. The van der Waals surface area contributed by atoms with Gasteiger partial charge in [-0.3, -0.25) is 4.79 Å². The molecule has 0 radical (unpaired) electrons. The average molecular weight is 210 g/mol. The third kappa shape index (κ3) is 3.20. The topological polar surface area (TPSA) is 41.1 Å². The van der Waals surface area contributed by atoms with Crippen LogP contribution in [0.15, 0.2) is 0 Å². The quantitative estimate of drug-likeness (QED) is 0.731. The van der Waals surface area contributed by atoms with Crippen LogP contribution < -0.4 is 10.6 Å². The lowest BCUT2D eigenvalue weighted by atomic mass is 9.99. The van der Waals surface area contributed by atoms with E-state index in [0.717, 1.165) is 19.6 Å². The molecule has 15 heavy (non-hydrogen) atoms. The maximum absolute atomic E-state index is 11.7. The zero-order valence-electron chi connectivity index (χ0n) is 9.59. The van der Waals surface area contributed by atoms with Gasteiger partial charge < -0.3 is 10.6 Å². The summed E-state index contributed by atoms with van der Waals surface area (Å²) in [6.45, 7) is 5.13. The van der Waals surface area contributed by atoms with Gasteiger partial charge in [-0.1, -0.05) is 6.92 Å². The lowest BCUT2D eigenvalue weighted by Crippen LogP contribution is -2.40. The number of hydrogen-bond acceptors (Lipinski definition) is 2. The van der Waals surface area contributed by atoms with Crippen molar-refractivity contribution >= 4 is 5.91 Å². The van der Waals surface area contributed by atoms with Crippen LogP contribution in [-0.4, -0.2) is 25.5 Å². The maximum Gasteiger partial charge on any atom is 0.223 e. The van der Waals surface area contributed by atoms with Crippen molar-refractivity contribution in [1.82, 2.24) is 10.6 Å². The van der Waals surface area contributed by atoms with Gasteiger partial charge in [0.25, 0.3) is 0 Å². The van der Waals surface area contributed by atoms with Gasteiger partial charge in [-0.25, -0.2) is 0 Å².